The zero-order valence-corrected chi connectivity index (χ0v) is 12.0. The summed E-state index contributed by atoms with van der Waals surface area (Å²) in [6.45, 7) is 7.77. The van der Waals surface area contributed by atoms with E-state index in [1.54, 1.807) is 24.3 Å². The first-order chi connectivity index (χ1) is 8.93. The van der Waals surface area contributed by atoms with Crippen LogP contribution in [-0.4, -0.2) is 29.8 Å². The molecule has 1 rings (SSSR count). The Kier molecular flexibility index (Phi) is 5.83. The van der Waals surface area contributed by atoms with Crippen molar-refractivity contribution in [2.45, 2.75) is 39.8 Å². The Morgan fingerprint density at radius 3 is 2.21 bits per heavy atom. The number of hydrogen-bond donors (Lipinski definition) is 2. The van der Waals surface area contributed by atoms with E-state index in [4.69, 9.17) is 4.74 Å². The minimum Gasteiger partial charge on any atom is -0.491 e. The van der Waals surface area contributed by atoms with Gasteiger partial charge in [-0.1, -0.05) is 13.8 Å². The first-order valence-electron chi connectivity index (χ1n) is 6.62. The minimum absolute atomic E-state index is 0.0576. The molecule has 0 bridgehead atoms. The van der Waals surface area contributed by atoms with Gasteiger partial charge < -0.3 is 15.2 Å². The molecule has 1 atom stereocenters. The quantitative estimate of drug-likeness (QED) is 0.829. The molecular weight excluding hydrogens is 242 g/mol. The topological polar surface area (TPSA) is 58.6 Å². The zero-order chi connectivity index (χ0) is 14.4. The summed E-state index contributed by atoms with van der Waals surface area (Å²) in [5.41, 5.74) is 0.565. The van der Waals surface area contributed by atoms with Gasteiger partial charge in [-0.3, -0.25) is 4.79 Å². The monoisotopic (exact) mass is 265 g/mol. The van der Waals surface area contributed by atoms with Crippen molar-refractivity contribution in [2.24, 2.45) is 5.92 Å². The SMILES string of the molecule is CC(C)Oc1ccc(C(=O)N[C@H](CO)C(C)C)cc1. The Labute approximate surface area is 114 Å². The number of carbonyl (C=O) groups is 1. The third-order valence-corrected chi connectivity index (χ3v) is 2.81. The summed E-state index contributed by atoms with van der Waals surface area (Å²) in [5.74, 6) is 0.760. The van der Waals surface area contributed by atoms with Crippen molar-refractivity contribution >= 4 is 5.91 Å². The molecule has 4 nitrogen and oxygen atoms in total. The lowest BCUT2D eigenvalue weighted by atomic mass is 10.0. The van der Waals surface area contributed by atoms with E-state index in [2.05, 4.69) is 5.32 Å². The summed E-state index contributed by atoms with van der Waals surface area (Å²) in [6.07, 6.45) is 0.111. The number of rotatable bonds is 6. The van der Waals surface area contributed by atoms with Gasteiger partial charge in [0.25, 0.3) is 5.91 Å². The van der Waals surface area contributed by atoms with E-state index in [0.717, 1.165) is 5.75 Å². The maximum atomic E-state index is 12.0. The highest BCUT2D eigenvalue weighted by molar-refractivity contribution is 5.94. The number of aliphatic hydroxyl groups is 1. The minimum atomic E-state index is -0.223. The average Bonchev–Trinajstić information content (AvgIpc) is 2.35. The highest BCUT2D eigenvalue weighted by atomic mass is 16.5. The van der Waals surface area contributed by atoms with Crippen LogP contribution in [0, 0.1) is 5.92 Å². The third kappa shape index (κ3) is 4.91. The predicted octanol–water partition coefficient (Wildman–Crippen LogP) is 2.22. The first-order valence-corrected chi connectivity index (χ1v) is 6.62. The van der Waals surface area contributed by atoms with Crippen molar-refractivity contribution in [3.8, 4) is 5.75 Å². The van der Waals surface area contributed by atoms with Crippen LogP contribution in [0.5, 0.6) is 5.75 Å². The van der Waals surface area contributed by atoms with E-state index in [-0.39, 0.29) is 30.6 Å². The van der Waals surface area contributed by atoms with Crippen molar-refractivity contribution in [3.05, 3.63) is 29.8 Å². The maximum absolute atomic E-state index is 12.0. The molecule has 0 aromatic heterocycles. The fourth-order valence-electron chi connectivity index (χ4n) is 1.63. The largest absolute Gasteiger partial charge is 0.491 e. The number of hydrogen-bond acceptors (Lipinski definition) is 3. The Bertz CT molecular complexity index is 398. The van der Waals surface area contributed by atoms with Crippen LogP contribution < -0.4 is 10.1 Å². The molecule has 0 aliphatic rings. The van der Waals surface area contributed by atoms with Gasteiger partial charge in [-0.15, -0.1) is 0 Å². The normalized spacial score (nSPS) is 12.6. The van der Waals surface area contributed by atoms with E-state index in [9.17, 15) is 9.90 Å². The van der Waals surface area contributed by atoms with E-state index >= 15 is 0 Å². The number of amides is 1. The highest BCUT2D eigenvalue weighted by Crippen LogP contribution is 2.14. The van der Waals surface area contributed by atoms with Crippen LogP contribution in [0.3, 0.4) is 0 Å². The number of ether oxygens (including phenoxy) is 1. The number of carbonyl (C=O) groups excluding carboxylic acids is 1. The molecule has 0 aliphatic carbocycles. The van der Waals surface area contributed by atoms with Crippen molar-refractivity contribution in [1.29, 1.82) is 0 Å². The molecule has 0 spiro atoms. The van der Waals surface area contributed by atoms with Crippen LogP contribution in [-0.2, 0) is 0 Å². The number of aliphatic hydroxyl groups excluding tert-OH is 1. The molecule has 0 unspecified atom stereocenters. The molecule has 0 radical (unpaired) electrons. The van der Waals surface area contributed by atoms with E-state index in [0.29, 0.717) is 5.56 Å². The van der Waals surface area contributed by atoms with Crippen LogP contribution in [0.25, 0.3) is 0 Å². The van der Waals surface area contributed by atoms with Crippen molar-refractivity contribution in [1.82, 2.24) is 5.32 Å². The standard InChI is InChI=1S/C15H23NO3/c1-10(2)14(9-17)16-15(18)12-5-7-13(8-6-12)19-11(3)4/h5-8,10-11,14,17H,9H2,1-4H3,(H,16,18)/t14-/m1/s1. The zero-order valence-electron chi connectivity index (χ0n) is 12.0. The Hall–Kier alpha value is -1.55. The molecule has 0 aliphatic heterocycles. The number of benzene rings is 1. The van der Waals surface area contributed by atoms with Gasteiger partial charge in [0.2, 0.25) is 0 Å². The van der Waals surface area contributed by atoms with E-state index < -0.39 is 0 Å². The molecule has 0 heterocycles. The lowest BCUT2D eigenvalue weighted by Crippen LogP contribution is -2.41. The molecular formula is C15H23NO3. The molecule has 1 aromatic carbocycles. The molecule has 1 amide bonds. The van der Waals surface area contributed by atoms with E-state index in [1.807, 2.05) is 27.7 Å². The molecule has 1 aromatic rings. The van der Waals surface area contributed by atoms with Gasteiger partial charge in [-0.2, -0.15) is 0 Å². The molecule has 19 heavy (non-hydrogen) atoms. The Morgan fingerprint density at radius 2 is 1.79 bits per heavy atom. The van der Waals surface area contributed by atoms with Gasteiger partial charge in [0.15, 0.2) is 0 Å². The summed E-state index contributed by atoms with van der Waals surface area (Å²) in [7, 11) is 0. The molecule has 4 heteroatoms. The summed E-state index contributed by atoms with van der Waals surface area (Å²) in [5, 5.41) is 12.0. The number of nitrogens with one attached hydrogen (secondary N) is 1. The average molecular weight is 265 g/mol. The fraction of sp³-hybridized carbons (Fsp3) is 0.533. The third-order valence-electron chi connectivity index (χ3n) is 2.81. The summed E-state index contributed by atoms with van der Waals surface area (Å²) in [4.78, 5) is 12.0. The van der Waals surface area contributed by atoms with Gasteiger partial charge in [-0.05, 0) is 44.0 Å². The lowest BCUT2D eigenvalue weighted by Gasteiger charge is -2.20. The van der Waals surface area contributed by atoms with Gasteiger partial charge >= 0.3 is 0 Å². The molecule has 0 fully saturated rings. The summed E-state index contributed by atoms with van der Waals surface area (Å²) in [6, 6.07) is 6.78. The molecule has 0 saturated carbocycles. The van der Waals surface area contributed by atoms with Crippen LogP contribution in [0.15, 0.2) is 24.3 Å². The van der Waals surface area contributed by atoms with Crippen LogP contribution in [0.4, 0.5) is 0 Å². The maximum Gasteiger partial charge on any atom is 0.251 e. The molecule has 2 N–H and O–H groups in total. The fourth-order valence-corrected chi connectivity index (χ4v) is 1.63. The lowest BCUT2D eigenvalue weighted by molar-refractivity contribution is 0.0897. The second-order valence-corrected chi connectivity index (χ2v) is 5.20. The predicted molar refractivity (Wildman–Crippen MR) is 75.4 cm³/mol. The van der Waals surface area contributed by atoms with E-state index in [1.165, 1.54) is 0 Å². The molecule has 0 saturated heterocycles. The van der Waals surface area contributed by atoms with Crippen molar-refractivity contribution in [2.75, 3.05) is 6.61 Å². The van der Waals surface area contributed by atoms with Gasteiger partial charge in [-0.25, -0.2) is 0 Å². The summed E-state index contributed by atoms with van der Waals surface area (Å²) < 4.78 is 5.52. The second kappa shape index (κ2) is 7.14. The van der Waals surface area contributed by atoms with Crippen LogP contribution in [0.2, 0.25) is 0 Å². The van der Waals surface area contributed by atoms with Gasteiger partial charge in [0.1, 0.15) is 5.75 Å². The van der Waals surface area contributed by atoms with Gasteiger partial charge in [0, 0.05) is 5.56 Å². The van der Waals surface area contributed by atoms with Crippen LogP contribution >= 0.6 is 0 Å². The van der Waals surface area contributed by atoms with Crippen molar-refractivity contribution in [3.63, 3.8) is 0 Å². The summed E-state index contributed by atoms with van der Waals surface area (Å²) >= 11 is 0. The van der Waals surface area contributed by atoms with Crippen LogP contribution in [0.1, 0.15) is 38.1 Å². The molecule has 106 valence electrons. The second-order valence-electron chi connectivity index (χ2n) is 5.20. The smallest absolute Gasteiger partial charge is 0.251 e. The highest BCUT2D eigenvalue weighted by Gasteiger charge is 2.16. The Balaban J connectivity index is 2.67. The van der Waals surface area contributed by atoms with Gasteiger partial charge in [0.05, 0.1) is 18.8 Å². The first kappa shape index (κ1) is 15.5. The van der Waals surface area contributed by atoms with Crippen molar-refractivity contribution < 1.29 is 14.6 Å². The Morgan fingerprint density at radius 1 is 1.21 bits per heavy atom.